The summed E-state index contributed by atoms with van der Waals surface area (Å²) < 4.78 is 0. The number of rotatable bonds is 6. The highest BCUT2D eigenvalue weighted by Crippen LogP contribution is 2.30. The van der Waals surface area contributed by atoms with Gasteiger partial charge in [0, 0.05) is 49.1 Å². The molecule has 4 aromatic rings. The van der Waals surface area contributed by atoms with Crippen LogP contribution in [0.2, 0.25) is 0 Å². The average Bonchev–Trinajstić information content (AvgIpc) is 2.92. The molecule has 0 aliphatic carbocycles. The summed E-state index contributed by atoms with van der Waals surface area (Å²) in [5, 5.41) is 8.72. The molecule has 1 aliphatic heterocycles. The van der Waals surface area contributed by atoms with Gasteiger partial charge in [-0.1, -0.05) is 42.5 Å². The first kappa shape index (κ1) is 24.1. The molecule has 0 spiro atoms. The van der Waals surface area contributed by atoms with Gasteiger partial charge in [-0.05, 0) is 72.0 Å². The van der Waals surface area contributed by atoms with Crippen molar-refractivity contribution in [3.8, 4) is 0 Å². The molecule has 1 aromatic heterocycles. The van der Waals surface area contributed by atoms with Crippen molar-refractivity contribution < 1.29 is 9.59 Å². The van der Waals surface area contributed by atoms with Gasteiger partial charge in [0.2, 0.25) is 0 Å². The molecule has 3 aromatic carbocycles. The van der Waals surface area contributed by atoms with Crippen molar-refractivity contribution in [3.05, 3.63) is 119 Å². The van der Waals surface area contributed by atoms with Crippen molar-refractivity contribution >= 4 is 29.0 Å². The van der Waals surface area contributed by atoms with E-state index in [1.165, 1.54) is 11.1 Å². The van der Waals surface area contributed by atoms with E-state index in [4.69, 9.17) is 0 Å². The van der Waals surface area contributed by atoms with Crippen LogP contribution >= 0.6 is 0 Å². The fourth-order valence-corrected chi connectivity index (χ4v) is 4.57. The molecule has 0 saturated carbocycles. The maximum atomic E-state index is 13.4. The van der Waals surface area contributed by atoms with E-state index in [9.17, 15) is 9.59 Å². The quantitative estimate of drug-likeness (QED) is 0.331. The smallest absolute Gasteiger partial charge is 0.323 e. The molecular weight excluding hydrogens is 462 g/mol. The van der Waals surface area contributed by atoms with Crippen molar-refractivity contribution in [3.63, 3.8) is 0 Å². The van der Waals surface area contributed by atoms with Gasteiger partial charge in [0.05, 0.1) is 5.56 Å². The van der Waals surface area contributed by atoms with Crippen molar-refractivity contribution in [2.24, 2.45) is 0 Å². The van der Waals surface area contributed by atoms with E-state index in [0.717, 1.165) is 36.3 Å². The fourth-order valence-electron chi connectivity index (χ4n) is 4.57. The maximum Gasteiger partial charge on any atom is 0.323 e. The van der Waals surface area contributed by atoms with E-state index < -0.39 is 0 Å². The number of aromatic nitrogens is 1. The number of amides is 3. The van der Waals surface area contributed by atoms with Crippen LogP contribution in [0, 0.1) is 6.92 Å². The van der Waals surface area contributed by atoms with E-state index >= 15 is 0 Å². The maximum absolute atomic E-state index is 13.4. The Kier molecular flexibility index (Phi) is 7.12. The third-order valence-electron chi connectivity index (χ3n) is 6.42. The lowest BCUT2D eigenvalue weighted by atomic mass is 9.98. The largest absolute Gasteiger partial charge is 0.366 e. The number of hydrogen-bond acceptors (Lipinski definition) is 4. The third kappa shape index (κ3) is 5.95. The molecular formula is C30H29N5O2. The van der Waals surface area contributed by atoms with Gasteiger partial charge in [0.25, 0.3) is 5.91 Å². The molecule has 0 bridgehead atoms. The Morgan fingerprint density at radius 1 is 0.892 bits per heavy atom. The highest BCUT2D eigenvalue weighted by Gasteiger charge is 2.22. The van der Waals surface area contributed by atoms with Crippen molar-refractivity contribution in [2.45, 2.75) is 26.4 Å². The molecule has 1 aliphatic rings. The Bertz CT molecular complexity index is 1420. The third-order valence-corrected chi connectivity index (χ3v) is 6.42. The second-order valence-corrected chi connectivity index (χ2v) is 9.16. The summed E-state index contributed by atoms with van der Waals surface area (Å²) >= 11 is 0. The lowest BCUT2D eigenvalue weighted by Gasteiger charge is -2.32. The SMILES string of the molecule is Cc1cccc(NC(=O)Nc2ccc(N3CCc4ccccc4C3)c(C(=O)NCc3cccnc3)c2)c1. The van der Waals surface area contributed by atoms with E-state index in [0.29, 0.717) is 23.5 Å². The van der Waals surface area contributed by atoms with Crippen LogP contribution in [0.5, 0.6) is 0 Å². The number of benzene rings is 3. The summed E-state index contributed by atoms with van der Waals surface area (Å²) in [6.45, 7) is 3.86. The average molecular weight is 492 g/mol. The van der Waals surface area contributed by atoms with Gasteiger partial charge in [-0.25, -0.2) is 4.79 Å². The zero-order valence-corrected chi connectivity index (χ0v) is 20.7. The van der Waals surface area contributed by atoms with Gasteiger partial charge < -0.3 is 20.9 Å². The Morgan fingerprint density at radius 3 is 2.49 bits per heavy atom. The Balaban J connectivity index is 1.38. The number of pyridine rings is 1. The highest BCUT2D eigenvalue weighted by atomic mass is 16.2. The number of nitrogens with zero attached hydrogens (tertiary/aromatic N) is 2. The molecule has 5 rings (SSSR count). The first-order valence-electron chi connectivity index (χ1n) is 12.3. The summed E-state index contributed by atoms with van der Waals surface area (Å²) in [6, 6.07) is 24.9. The summed E-state index contributed by atoms with van der Waals surface area (Å²) in [4.78, 5) is 32.4. The normalized spacial score (nSPS) is 12.4. The molecule has 0 atom stereocenters. The Labute approximate surface area is 216 Å². The summed E-state index contributed by atoms with van der Waals surface area (Å²) in [5.74, 6) is -0.208. The second-order valence-electron chi connectivity index (χ2n) is 9.16. The Hall–Kier alpha value is -4.65. The van der Waals surface area contributed by atoms with Crippen molar-refractivity contribution in [1.82, 2.24) is 10.3 Å². The molecule has 186 valence electrons. The predicted molar refractivity (Wildman–Crippen MR) is 147 cm³/mol. The van der Waals surface area contributed by atoms with Crippen molar-refractivity contribution in [2.75, 3.05) is 22.1 Å². The van der Waals surface area contributed by atoms with E-state index in [-0.39, 0.29) is 11.9 Å². The van der Waals surface area contributed by atoms with Gasteiger partial charge >= 0.3 is 6.03 Å². The highest BCUT2D eigenvalue weighted by molar-refractivity contribution is 6.04. The summed E-state index contributed by atoms with van der Waals surface area (Å²) in [6.07, 6.45) is 4.34. The van der Waals surface area contributed by atoms with Crippen molar-refractivity contribution in [1.29, 1.82) is 0 Å². The lowest BCUT2D eigenvalue weighted by Crippen LogP contribution is -2.33. The zero-order valence-electron chi connectivity index (χ0n) is 20.7. The monoisotopic (exact) mass is 491 g/mol. The number of hydrogen-bond donors (Lipinski definition) is 3. The number of anilines is 3. The number of aryl methyl sites for hydroxylation is 1. The molecule has 2 heterocycles. The first-order chi connectivity index (χ1) is 18.0. The number of nitrogens with one attached hydrogen (secondary N) is 3. The summed E-state index contributed by atoms with van der Waals surface area (Å²) in [7, 11) is 0. The second kappa shape index (κ2) is 11.0. The number of fused-ring (bicyclic) bond motifs is 1. The molecule has 0 fully saturated rings. The van der Waals surface area contributed by atoms with Gasteiger partial charge in [0.15, 0.2) is 0 Å². The van der Waals surface area contributed by atoms with E-state index in [1.807, 2.05) is 61.5 Å². The molecule has 3 amide bonds. The van der Waals surface area contributed by atoms with Crippen LogP contribution < -0.4 is 20.9 Å². The van der Waals surface area contributed by atoms with Crippen LogP contribution in [0.25, 0.3) is 0 Å². The van der Waals surface area contributed by atoms with Crippen LogP contribution in [0.1, 0.15) is 32.6 Å². The standard InChI is InChI=1S/C30H29N5O2/c1-21-6-4-10-25(16-21)33-30(37)34-26-11-12-28(35-15-13-23-8-2-3-9-24(23)20-35)27(17-26)29(36)32-19-22-7-5-14-31-18-22/h2-12,14,16-18H,13,15,19-20H2,1H3,(H,32,36)(H2,33,34,37). The molecule has 0 saturated heterocycles. The topological polar surface area (TPSA) is 86.4 Å². The van der Waals surface area contributed by atoms with Gasteiger partial charge in [-0.15, -0.1) is 0 Å². The number of urea groups is 1. The first-order valence-corrected chi connectivity index (χ1v) is 12.3. The lowest BCUT2D eigenvalue weighted by molar-refractivity contribution is 0.0951. The molecule has 0 unspecified atom stereocenters. The molecule has 37 heavy (non-hydrogen) atoms. The minimum absolute atomic E-state index is 0.208. The Morgan fingerprint density at radius 2 is 1.70 bits per heavy atom. The van der Waals surface area contributed by atoms with Gasteiger partial charge in [0.1, 0.15) is 0 Å². The van der Waals surface area contributed by atoms with Crippen LogP contribution in [0.3, 0.4) is 0 Å². The van der Waals surface area contributed by atoms with Crippen LogP contribution in [0.4, 0.5) is 21.9 Å². The van der Waals surface area contributed by atoms with E-state index in [1.54, 1.807) is 18.5 Å². The molecule has 0 radical (unpaired) electrons. The van der Waals surface area contributed by atoms with Gasteiger partial charge in [-0.3, -0.25) is 9.78 Å². The van der Waals surface area contributed by atoms with Gasteiger partial charge in [-0.2, -0.15) is 0 Å². The molecule has 7 heteroatoms. The zero-order chi connectivity index (χ0) is 25.6. The summed E-state index contributed by atoms with van der Waals surface area (Å²) in [5.41, 5.74) is 7.16. The molecule has 3 N–H and O–H groups in total. The number of carbonyl (C=O) groups is 2. The molecule has 7 nitrogen and oxygen atoms in total. The van der Waals surface area contributed by atoms with E-state index in [2.05, 4.69) is 44.0 Å². The van der Waals surface area contributed by atoms with Crippen LogP contribution in [-0.2, 0) is 19.5 Å². The number of carbonyl (C=O) groups excluding carboxylic acids is 2. The predicted octanol–water partition coefficient (Wildman–Crippen LogP) is 5.53. The fraction of sp³-hybridized carbons (Fsp3) is 0.167. The minimum atomic E-state index is -0.369. The van der Waals surface area contributed by atoms with Crippen LogP contribution in [0.15, 0.2) is 91.3 Å². The minimum Gasteiger partial charge on any atom is -0.366 e. The van der Waals surface area contributed by atoms with Crippen LogP contribution in [-0.4, -0.2) is 23.5 Å².